The van der Waals surface area contributed by atoms with Crippen LogP contribution in [0.25, 0.3) is 28.1 Å². The van der Waals surface area contributed by atoms with Gasteiger partial charge in [0.15, 0.2) is 5.69 Å². The molecule has 0 saturated carbocycles. The molecule has 0 atom stereocenters. The van der Waals surface area contributed by atoms with E-state index in [1.54, 1.807) is 48.5 Å². The molecule has 0 aliphatic heterocycles. The molecule has 2 N–H and O–H groups in total. The van der Waals surface area contributed by atoms with E-state index in [1.165, 1.54) is 16.8 Å². The molecule has 0 aliphatic carbocycles. The summed E-state index contributed by atoms with van der Waals surface area (Å²) in [5, 5.41) is 15.6. The second-order valence-corrected chi connectivity index (χ2v) is 7.67. The first-order valence-electron chi connectivity index (χ1n) is 10.5. The molecular formula is C25H19F6N3O. The molecule has 10 heteroatoms. The van der Waals surface area contributed by atoms with Crippen molar-refractivity contribution in [1.29, 1.82) is 0 Å². The van der Waals surface area contributed by atoms with E-state index >= 15 is 0 Å². The van der Waals surface area contributed by atoms with Gasteiger partial charge in [0.05, 0.1) is 23.6 Å². The van der Waals surface area contributed by atoms with Crippen LogP contribution in [-0.2, 0) is 12.4 Å². The zero-order valence-corrected chi connectivity index (χ0v) is 18.0. The van der Waals surface area contributed by atoms with Crippen molar-refractivity contribution in [1.82, 2.24) is 9.78 Å². The number of halogens is 6. The van der Waals surface area contributed by atoms with Crippen molar-refractivity contribution in [2.75, 3.05) is 18.5 Å². The second kappa shape index (κ2) is 9.46. The zero-order chi connectivity index (χ0) is 25.2. The third-order valence-corrected chi connectivity index (χ3v) is 5.28. The molecule has 0 fully saturated rings. The number of nitrogens with zero attached hydrogens (tertiary/aromatic N) is 2. The van der Waals surface area contributed by atoms with Crippen LogP contribution in [0.2, 0.25) is 0 Å². The van der Waals surface area contributed by atoms with E-state index in [1.807, 2.05) is 0 Å². The van der Waals surface area contributed by atoms with Crippen LogP contribution in [0.5, 0.6) is 0 Å². The molecule has 182 valence electrons. The Morgan fingerprint density at radius 3 is 1.77 bits per heavy atom. The number of rotatable bonds is 6. The van der Waals surface area contributed by atoms with E-state index in [0.29, 0.717) is 34.6 Å². The normalized spacial score (nSPS) is 12.1. The number of hydrogen-bond donors (Lipinski definition) is 2. The first-order chi connectivity index (χ1) is 16.6. The number of aliphatic hydroxyl groups excluding tert-OH is 1. The first kappa shape index (κ1) is 24.3. The Bertz CT molecular complexity index is 1280. The highest BCUT2D eigenvalue weighted by Crippen LogP contribution is 2.35. The molecule has 3 aromatic carbocycles. The van der Waals surface area contributed by atoms with Crippen molar-refractivity contribution in [2.24, 2.45) is 0 Å². The number of aromatic nitrogens is 2. The van der Waals surface area contributed by atoms with Gasteiger partial charge in [-0.1, -0.05) is 36.4 Å². The van der Waals surface area contributed by atoms with Crippen molar-refractivity contribution in [3.63, 3.8) is 0 Å². The molecule has 0 bridgehead atoms. The summed E-state index contributed by atoms with van der Waals surface area (Å²) in [7, 11) is 0. The average molecular weight is 491 g/mol. The van der Waals surface area contributed by atoms with Crippen molar-refractivity contribution in [3.05, 3.63) is 90.1 Å². The minimum atomic E-state index is -4.65. The molecule has 4 rings (SSSR count). The molecule has 0 spiro atoms. The SMILES string of the molecule is OCCNc1ccc(-n2nc(C(F)(F)F)cc2-c2ccc(-c3ccc(C(F)(F)F)cc3)cc2)cc1. The largest absolute Gasteiger partial charge is 0.435 e. The lowest BCUT2D eigenvalue weighted by Gasteiger charge is -2.11. The van der Waals surface area contributed by atoms with Gasteiger partial charge in [0.25, 0.3) is 0 Å². The molecule has 0 unspecified atom stereocenters. The van der Waals surface area contributed by atoms with Crippen LogP contribution in [0, 0.1) is 0 Å². The van der Waals surface area contributed by atoms with Crippen LogP contribution < -0.4 is 5.32 Å². The third kappa shape index (κ3) is 5.48. The van der Waals surface area contributed by atoms with E-state index in [2.05, 4.69) is 10.4 Å². The summed E-state index contributed by atoms with van der Waals surface area (Å²) in [6, 6.07) is 18.6. The monoisotopic (exact) mass is 491 g/mol. The van der Waals surface area contributed by atoms with Crippen molar-refractivity contribution < 1.29 is 31.4 Å². The molecule has 4 aromatic rings. The van der Waals surface area contributed by atoms with Gasteiger partial charge in [0.2, 0.25) is 0 Å². The number of anilines is 1. The molecule has 0 amide bonds. The number of alkyl halides is 6. The van der Waals surface area contributed by atoms with Crippen molar-refractivity contribution in [3.8, 4) is 28.1 Å². The van der Waals surface area contributed by atoms with Gasteiger partial charge in [-0.05, 0) is 53.6 Å². The van der Waals surface area contributed by atoms with Gasteiger partial charge in [-0.2, -0.15) is 31.4 Å². The number of aliphatic hydroxyl groups is 1. The number of nitrogens with one attached hydrogen (secondary N) is 1. The Morgan fingerprint density at radius 2 is 1.26 bits per heavy atom. The van der Waals surface area contributed by atoms with Crippen LogP contribution in [0.4, 0.5) is 32.0 Å². The summed E-state index contributed by atoms with van der Waals surface area (Å²) in [6.07, 6.45) is -9.09. The fourth-order valence-corrected chi connectivity index (χ4v) is 3.53. The maximum atomic E-state index is 13.4. The highest BCUT2D eigenvalue weighted by molar-refractivity contribution is 5.70. The Labute approximate surface area is 196 Å². The van der Waals surface area contributed by atoms with Crippen molar-refractivity contribution >= 4 is 5.69 Å². The molecule has 35 heavy (non-hydrogen) atoms. The predicted octanol–water partition coefficient (Wildman–Crippen LogP) is 6.65. The van der Waals surface area contributed by atoms with Crippen LogP contribution in [0.15, 0.2) is 78.9 Å². The molecule has 0 radical (unpaired) electrons. The van der Waals surface area contributed by atoms with Crippen LogP contribution in [0.1, 0.15) is 11.3 Å². The van der Waals surface area contributed by atoms with E-state index in [0.717, 1.165) is 18.2 Å². The van der Waals surface area contributed by atoms with Gasteiger partial charge < -0.3 is 10.4 Å². The minimum absolute atomic E-state index is 0.0670. The Balaban J connectivity index is 1.68. The van der Waals surface area contributed by atoms with Gasteiger partial charge in [-0.25, -0.2) is 4.68 Å². The number of benzene rings is 3. The first-order valence-corrected chi connectivity index (χ1v) is 10.5. The van der Waals surface area contributed by atoms with E-state index in [4.69, 9.17) is 5.11 Å². The average Bonchev–Trinajstić information content (AvgIpc) is 3.29. The van der Waals surface area contributed by atoms with Gasteiger partial charge >= 0.3 is 12.4 Å². The lowest BCUT2D eigenvalue weighted by molar-refractivity contribution is -0.141. The molecule has 1 heterocycles. The van der Waals surface area contributed by atoms with E-state index < -0.39 is 23.6 Å². The Kier molecular flexibility index (Phi) is 6.58. The van der Waals surface area contributed by atoms with Crippen LogP contribution >= 0.6 is 0 Å². The van der Waals surface area contributed by atoms with Gasteiger partial charge in [0, 0.05) is 17.8 Å². The molecule has 0 aliphatic rings. The van der Waals surface area contributed by atoms with Gasteiger partial charge in [-0.3, -0.25) is 0 Å². The Morgan fingerprint density at radius 1 is 0.714 bits per heavy atom. The third-order valence-electron chi connectivity index (χ3n) is 5.28. The quantitative estimate of drug-likeness (QED) is 0.297. The summed E-state index contributed by atoms with van der Waals surface area (Å²) in [4.78, 5) is 0. The predicted molar refractivity (Wildman–Crippen MR) is 120 cm³/mol. The lowest BCUT2D eigenvalue weighted by atomic mass is 10.0. The molecule has 0 saturated heterocycles. The van der Waals surface area contributed by atoms with E-state index in [-0.39, 0.29) is 12.3 Å². The molecule has 4 nitrogen and oxygen atoms in total. The minimum Gasteiger partial charge on any atom is -0.395 e. The fraction of sp³-hybridized carbons (Fsp3) is 0.160. The highest BCUT2D eigenvalue weighted by Gasteiger charge is 2.35. The standard InChI is InChI=1S/C25H19F6N3O/c26-24(27,28)19-7-5-17(6-8-19)16-1-3-18(4-2-16)22-15-23(25(29,30)31)33-34(22)21-11-9-20(10-12-21)32-13-14-35/h1-12,15,32,35H,13-14H2. The lowest BCUT2D eigenvalue weighted by Crippen LogP contribution is -2.08. The summed E-state index contributed by atoms with van der Waals surface area (Å²) in [5.41, 5.74) is 1.08. The maximum Gasteiger partial charge on any atom is 0.435 e. The van der Waals surface area contributed by atoms with Gasteiger partial charge in [0.1, 0.15) is 0 Å². The van der Waals surface area contributed by atoms with Crippen LogP contribution in [-0.4, -0.2) is 28.0 Å². The van der Waals surface area contributed by atoms with Crippen molar-refractivity contribution in [2.45, 2.75) is 12.4 Å². The summed E-state index contributed by atoms with van der Waals surface area (Å²) >= 11 is 0. The topological polar surface area (TPSA) is 50.1 Å². The smallest absolute Gasteiger partial charge is 0.395 e. The summed E-state index contributed by atoms with van der Waals surface area (Å²) in [6.45, 7) is 0.262. The highest BCUT2D eigenvalue weighted by atomic mass is 19.4. The summed E-state index contributed by atoms with van der Waals surface area (Å²) < 4.78 is 79.9. The molecular weight excluding hydrogens is 472 g/mol. The Hall–Kier alpha value is -3.79. The van der Waals surface area contributed by atoms with E-state index in [9.17, 15) is 26.3 Å². The van der Waals surface area contributed by atoms with Crippen LogP contribution in [0.3, 0.4) is 0 Å². The van der Waals surface area contributed by atoms with Gasteiger partial charge in [-0.15, -0.1) is 0 Å². The number of hydrogen-bond acceptors (Lipinski definition) is 3. The zero-order valence-electron chi connectivity index (χ0n) is 18.0. The summed E-state index contributed by atoms with van der Waals surface area (Å²) in [5.74, 6) is 0. The molecule has 1 aromatic heterocycles. The maximum absolute atomic E-state index is 13.4. The second-order valence-electron chi connectivity index (χ2n) is 7.67. The fourth-order valence-electron chi connectivity index (χ4n) is 3.53.